The van der Waals surface area contributed by atoms with Gasteiger partial charge >= 0.3 is 0 Å². The second-order valence-electron chi connectivity index (χ2n) is 6.65. The van der Waals surface area contributed by atoms with E-state index in [9.17, 15) is 4.79 Å². The third-order valence-electron chi connectivity index (χ3n) is 4.31. The number of hydrogen-bond acceptors (Lipinski definition) is 5. The van der Waals surface area contributed by atoms with Crippen molar-refractivity contribution < 1.29 is 9.53 Å². The molecule has 1 fully saturated rings. The van der Waals surface area contributed by atoms with Crippen LogP contribution in [0, 0.1) is 6.92 Å². The van der Waals surface area contributed by atoms with Crippen LogP contribution in [0.3, 0.4) is 0 Å². The Labute approximate surface area is 160 Å². The molecule has 3 rings (SSSR count). The van der Waals surface area contributed by atoms with E-state index >= 15 is 0 Å². The quantitative estimate of drug-likeness (QED) is 0.881. The van der Waals surface area contributed by atoms with Crippen LogP contribution in [0.5, 0.6) is 5.75 Å². The summed E-state index contributed by atoms with van der Waals surface area (Å²) in [5.41, 5.74) is 2.01. The fourth-order valence-corrected chi connectivity index (χ4v) is 2.99. The zero-order chi connectivity index (χ0) is 18.0. The maximum atomic E-state index is 12.8. The van der Waals surface area contributed by atoms with Gasteiger partial charge < -0.3 is 15.0 Å². The highest BCUT2D eigenvalue weighted by molar-refractivity contribution is 5.93. The van der Waals surface area contributed by atoms with Crippen molar-refractivity contribution in [3.05, 3.63) is 35.7 Å². The van der Waals surface area contributed by atoms with E-state index < -0.39 is 0 Å². The van der Waals surface area contributed by atoms with Gasteiger partial charge in [-0.3, -0.25) is 4.79 Å². The molecule has 1 aliphatic rings. The Kier molecular flexibility index (Phi) is 6.61. The first kappa shape index (κ1) is 20.2. The number of carbonyl (C=O) groups excluding carboxylic acids is 1. The average Bonchev–Trinajstić information content (AvgIpc) is 2.96. The molecule has 26 heavy (non-hydrogen) atoms. The summed E-state index contributed by atoms with van der Waals surface area (Å²) in [6.07, 6.45) is 0.129. The molecule has 2 aromatic rings. The fourth-order valence-electron chi connectivity index (χ4n) is 2.99. The first-order chi connectivity index (χ1) is 12.0. The summed E-state index contributed by atoms with van der Waals surface area (Å²) < 4.78 is 7.35. The van der Waals surface area contributed by atoms with Gasteiger partial charge in [0.2, 0.25) is 0 Å². The van der Waals surface area contributed by atoms with Gasteiger partial charge in [0.05, 0.1) is 17.5 Å². The SMILES string of the molecule is Cc1c(C(=O)N2CCNC[C@@H]2C)nnn1-c1ccc(OC(C)C)cc1.Cl. The molecule has 0 spiro atoms. The van der Waals surface area contributed by atoms with Crippen molar-refractivity contribution in [1.82, 2.24) is 25.2 Å². The van der Waals surface area contributed by atoms with Crippen LogP contribution in [-0.2, 0) is 0 Å². The van der Waals surface area contributed by atoms with Crippen LogP contribution in [0.1, 0.15) is 37.0 Å². The summed E-state index contributed by atoms with van der Waals surface area (Å²) in [7, 11) is 0. The van der Waals surface area contributed by atoms with Crippen molar-refractivity contribution in [2.75, 3.05) is 19.6 Å². The largest absolute Gasteiger partial charge is 0.491 e. The predicted octanol–water partition coefficient (Wildman–Crippen LogP) is 2.22. The molecule has 2 heterocycles. The van der Waals surface area contributed by atoms with E-state index in [-0.39, 0.29) is 30.5 Å². The monoisotopic (exact) mass is 379 g/mol. The number of rotatable bonds is 4. The molecule has 0 saturated carbocycles. The number of hydrogen-bond donors (Lipinski definition) is 1. The second-order valence-corrected chi connectivity index (χ2v) is 6.65. The standard InChI is InChI=1S/C18H25N5O2.ClH/c1-12(2)25-16-7-5-15(6-8-16)23-14(4)17(20-21-23)18(24)22-10-9-19-11-13(22)3;/h5-8,12-13,19H,9-11H2,1-4H3;1H/t13-;/m0./s1. The van der Waals surface area contributed by atoms with Crippen LogP contribution in [0.25, 0.3) is 5.69 Å². The van der Waals surface area contributed by atoms with E-state index in [0.717, 1.165) is 30.2 Å². The van der Waals surface area contributed by atoms with Crippen molar-refractivity contribution in [1.29, 1.82) is 0 Å². The molecular weight excluding hydrogens is 354 g/mol. The molecule has 1 saturated heterocycles. The van der Waals surface area contributed by atoms with E-state index in [1.54, 1.807) is 4.68 Å². The fraction of sp³-hybridized carbons (Fsp3) is 0.500. The molecule has 1 aromatic heterocycles. The topological polar surface area (TPSA) is 72.3 Å². The Hall–Kier alpha value is -2.12. The predicted molar refractivity (Wildman–Crippen MR) is 102 cm³/mol. The van der Waals surface area contributed by atoms with Crippen molar-refractivity contribution in [3.63, 3.8) is 0 Å². The number of halogens is 1. The molecule has 1 atom stereocenters. The van der Waals surface area contributed by atoms with Gasteiger partial charge in [-0.05, 0) is 52.0 Å². The first-order valence-electron chi connectivity index (χ1n) is 8.68. The Morgan fingerprint density at radius 2 is 2.00 bits per heavy atom. The maximum absolute atomic E-state index is 12.8. The maximum Gasteiger partial charge on any atom is 0.276 e. The van der Waals surface area contributed by atoms with Gasteiger partial charge in [-0.2, -0.15) is 0 Å². The van der Waals surface area contributed by atoms with Gasteiger partial charge in [0.1, 0.15) is 5.75 Å². The molecule has 0 bridgehead atoms. The van der Waals surface area contributed by atoms with E-state index in [4.69, 9.17) is 4.74 Å². The summed E-state index contributed by atoms with van der Waals surface area (Å²) in [5.74, 6) is 0.750. The summed E-state index contributed by atoms with van der Waals surface area (Å²) in [4.78, 5) is 14.7. The van der Waals surface area contributed by atoms with Crippen LogP contribution in [-0.4, -0.2) is 57.6 Å². The number of ether oxygens (including phenoxy) is 1. The van der Waals surface area contributed by atoms with Gasteiger partial charge in [-0.25, -0.2) is 4.68 Å². The summed E-state index contributed by atoms with van der Waals surface area (Å²) in [6.45, 7) is 10.2. The highest BCUT2D eigenvalue weighted by Gasteiger charge is 2.28. The molecule has 1 aliphatic heterocycles. The number of nitrogens with zero attached hydrogens (tertiary/aromatic N) is 4. The lowest BCUT2D eigenvalue weighted by atomic mass is 10.2. The lowest BCUT2D eigenvalue weighted by Crippen LogP contribution is -2.52. The smallest absolute Gasteiger partial charge is 0.276 e. The lowest BCUT2D eigenvalue weighted by Gasteiger charge is -2.33. The first-order valence-corrected chi connectivity index (χ1v) is 8.68. The van der Waals surface area contributed by atoms with Gasteiger partial charge in [-0.15, -0.1) is 17.5 Å². The minimum absolute atomic E-state index is 0. The highest BCUT2D eigenvalue weighted by Crippen LogP contribution is 2.19. The van der Waals surface area contributed by atoms with Crippen LogP contribution in [0.2, 0.25) is 0 Å². The molecule has 1 N–H and O–H groups in total. The number of amides is 1. The molecule has 1 amide bonds. The number of benzene rings is 1. The van der Waals surface area contributed by atoms with Gasteiger partial charge in [0.25, 0.3) is 5.91 Å². The Morgan fingerprint density at radius 3 is 2.62 bits per heavy atom. The molecule has 0 aliphatic carbocycles. The molecule has 7 nitrogen and oxygen atoms in total. The summed E-state index contributed by atoms with van der Waals surface area (Å²) in [6, 6.07) is 7.78. The summed E-state index contributed by atoms with van der Waals surface area (Å²) >= 11 is 0. The minimum Gasteiger partial charge on any atom is -0.491 e. The van der Waals surface area contributed by atoms with E-state index in [2.05, 4.69) is 15.6 Å². The van der Waals surface area contributed by atoms with Crippen LogP contribution in [0.4, 0.5) is 0 Å². The molecule has 8 heteroatoms. The van der Waals surface area contributed by atoms with Crippen molar-refractivity contribution in [3.8, 4) is 11.4 Å². The van der Waals surface area contributed by atoms with Crippen LogP contribution < -0.4 is 10.1 Å². The number of aromatic nitrogens is 3. The minimum atomic E-state index is -0.0579. The van der Waals surface area contributed by atoms with E-state index in [0.29, 0.717) is 12.2 Å². The van der Waals surface area contributed by atoms with Crippen LogP contribution >= 0.6 is 12.4 Å². The van der Waals surface area contributed by atoms with Gasteiger partial charge in [0, 0.05) is 25.7 Å². The number of carbonyl (C=O) groups is 1. The van der Waals surface area contributed by atoms with Crippen molar-refractivity contribution >= 4 is 18.3 Å². The zero-order valence-corrected chi connectivity index (χ0v) is 16.4. The Balaban J connectivity index is 0.00000243. The lowest BCUT2D eigenvalue weighted by molar-refractivity contribution is 0.0649. The molecular formula is C18H26ClN5O2. The third kappa shape index (κ3) is 4.16. The molecule has 142 valence electrons. The second kappa shape index (κ2) is 8.51. The van der Waals surface area contributed by atoms with Gasteiger partial charge in [-0.1, -0.05) is 5.21 Å². The van der Waals surface area contributed by atoms with Crippen LogP contribution in [0.15, 0.2) is 24.3 Å². The molecule has 0 unspecified atom stereocenters. The third-order valence-corrected chi connectivity index (χ3v) is 4.31. The van der Waals surface area contributed by atoms with E-state index in [1.807, 2.05) is 56.9 Å². The average molecular weight is 380 g/mol. The normalized spacial score (nSPS) is 17.1. The van der Waals surface area contributed by atoms with Crippen molar-refractivity contribution in [2.45, 2.75) is 39.8 Å². The zero-order valence-electron chi connectivity index (χ0n) is 15.6. The number of nitrogens with one attached hydrogen (secondary N) is 1. The highest BCUT2D eigenvalue weighted by atomic mass is 35.5. The Morgan fingerprint density at radius 1 is 1.31 bits per heavy atom. The van der Waals surface area contributed by atoms with E-state index in [1.165, 1.54) is 0 Å². The molecule has 0 radical (unpaired) electrons. The Bertz CT molecular complexity index is 745. The summed E-state index contributed by atoms with van der Waals surface area (Å²) in [5, 5.41) is 11.6. The number of piperazine rings is 1. The van der Waals surface area contributed by atoms with Gasteiger partial charge in [0.15, 0.2) is 5.69 Å². The van der Waals surface area contributed by atoms with Crippen molar-refractivity contribution in [2.24, 2.45) is 0 Å². The molecule has 1 aromatic carbocycles.